The van der Waals surface area contributed by atoms with Gasteiger partial charge in [-0.2, -0.15) is 5.10 Å². The van der Waals surface area contributed by atoms with Gasteiger partial charge >= 0.3 is 5.97 Å². The Hall–Kier alpha value is -1.84. The van der Waals surface area contributed by atoms with E-state index in [0.29, 0.717) is 0 Å². The van der Waals surface area contributed by atoms with Crippen LogP contribution < -0.4 is 5.84 Å². The molecule has 1 aromatic rings. The normalized spacial score (nSPS) is 11.6. The number of ether oxygens (including phenoxy) is 1. The van der Waals surface area contributed by atoms with Crippen molar-refractivity contribution in [1.29, 1.82) is 0 Å². The first-order valence-electron chi connectivity index (χ1n) is 5.14. The Labute approximate surface area is 95.1 Å². The summed E-state index contributed by atoms with van der Waals surface area (Å²) in [6.07, 6.45) is 0. The van der Waals surface area contributed by atoms with Crippen LogP contribution in [0.5, 0.6) is 0 Å². The molecular formula is C12H16N2O2. The van der Waals surface area contributed by atoms with Crippen LogP contribution in [-0.4, -0.2) is 11.7 Å². The summed E-state index contributed by atoms with van der Waals surface area (Å²) in [5, 5.41) is 3.44. The molecule has 0 spiro atoms. The second kappa shape index (κ2) is 5.90. The highest BCUT2D eigenvalue weighted by Crippen LogP contribution is 2.04. The van der Waals surface area contributed by atoms with Gasteiger partial charge in [0, 0.05) is 5.92 Å². The highest BCUT2D eigenvalue weighted by Gasteiger charge is 2.16. The zero-order valence-electron chi connectivity index (χ0n) is 9.51. The molecule has 0 amide bonds. The number of hydrazone groups is 1. The Morgan fingerprint density at radius 2 is 2.00 bits per heavy atom. The lowest BCUT2D eigenvalue weighted by molar-refractivity contribution is -0.137. The summed E-state index contributed by atoms with van der Waals surface area (Å²) in [5.41, 5.74) is 1.20. The van der Waals surface area contributed by atoms with Crippen LogP contribution in [0.1, 0.15) is 19.4 Å². The fourth-order valence-corrected chi connectivity index (χ4v) is 1.23. The molecule has 0 radical (unpaired) electrons. The molecule has 0 bridgehead atoms. The average Bonchev–Trinajstić information content (AvgIpc) is 2.28. The van der Waals surface area contributed by atoms with Crippen molar-refractivity contribution in [2.75, 3.05) is 0 Å². The van der Waals surface area contributed by atoms with Crippen molar-refractivity contribution in [1.82, 2.24) is 0 Å². The number of nitrogens with two attached hydrogens (primary N) is 1. The van der Waals surface area contributed by atoms with E-state index in [0.717, 1.165) is 5.56 Å². The molecule has 0 saturated heterocycles. The van der Waals surface area contributed by atoms with Crippen LogP contribution >= 0.6 is 0 Å². The van der Waals surface area contributed by atoms with Crippen LogP contribution in [-0.2, 0) is 16.1 Å². The second-order valence-corrected chi connectivity index (χ2v) is 3.73. The molecule has 4 nitrogen and oxygen atoms in total. The third kappa shape index (κ3) is 3.38. The predicted molar refractivity (Wildman–Crippen MR) is 62.7 cm³/mol. The van der Waals surface area contributed by atoms with Crippen molar-refractivity contribution >= 4 is 11.7 Å². The van der Waals surface area contributed by atoms with E-state index >= 15 is 0 Å². The second-order valence-electron chi connectivity index (χ2n) is 3.73. The van der Waals surface area contributed by atoms with Crippen molar-refractivity contribution in [3.8, 4) is 0 Å². The molecule has 0 unspecified atom stereocenters. The smallest absolute Gasteiger partial charge is 0.355 e. The Morgan fingerprint density at radius 3 is 2.50 bits per heavy atom. The van der Waals surface area contributed by atoms with Crippen LogP contribution in [0.25, 0.3) is 0 Å². The quantitative estimate of drug-likeness (QED) is 0.363. The molecule has 1 aromatic carbocycles. The summed E-state index contributed by atoms with van der Waals surface area (Å²) in [4.78, 5) is 11.6. The molecule has 0 fully saturated rings. The van der Waals surface area contributed by atoms with E-state index in [1.54, 1.807) is 0 Å². The molecule has 0 aliphatic rings. The molecule has 0 heterocycles. The van der Waals surface area contributed by atoms with Crippen LogP contribution in [0, 0.1) is 5.92 Å². The van der Waals surface area contributed by atoms with E-state index in [4.69, 9.17) is 10.6 Å². The van der Waals surface area contributed by atoms with Crippen molar-refractivity contribution in [3.05, 3.63) is 35.9 Å². The van der Waals surface area contributed by atoms with Crippen molar-refractivity contribution in [2.24, 2.45) is 16.9 Å². The molecule has 0 saturated carbocycles. The standard InChI is InChI=1S/C12H16N2O2/c1-9(2)11(14-13)12(15)16-8-10-6-4-3-5-7-10/h3-7,9H,8,13H2,1-2H3. The maximum atomic E-state index is 11.6. The van der Waals surface area contributed by atoms with Gasteiger partial charge in [-0.15, -0.1) is 0 Å². The lowest BCUT2D eigenvalue weighted by Gasteiger charge is -2.08. The Bertz CT molecular complexity index is 372. The highest BCUT2D eigenvalue weighted by atomic mass is 16.5. The SMILES string of the molecule is CC(C)C(=NN)C(=O)OCc1ccccc1. The summed E-state index contributed by atoms with van der Waals surface area (Å²) in [5.74, 6) is 4.64. The van der Waals surface area contributed by atoms with Gasteiger partial charge in [-0.05, 0) is 5.56 Å². The molecule has 1 rings (SSSR count). The van der Waals surface area contributed by atoms with Gasteiger partial charge in [-0.25, -0.2) is 4.79 Å². The van der Waals surface area contributed by atoms with E-state index < -0.39 is 5.97 Å². The van der Waals surface area contributed by atoms with Gasteiger partial charge in [0.15, 0.2) is 0 Å². The molecule has 4 heteroatoms. The van der Waals surface area contributed by atoms with Crippen molar-refractivity contribution < 1.29 is 9.53 Å². The first kappa shape index (κ1) is 12.2. The van der Waals surface area contributed by atoms with Gasteiger partial charge in [0.1, 0.15) is 12.3 Å². The maximum Gasteiger partial charge on any atom is 0.355 e. The molecule has 0 aromatic heterocycles. The number of hydrogen-bond acceptors (Lipinski definition) is 4. The number of nitrogens with zero attached hydrogens (tertiary/aromatic N) is 1. The summed E-state index contributed by atoms with van der Waals surface area (Å²) in [7, 11) is 0. The van der Waals surface area contributed by atoms with Crippen LogP contribution in [0.3, 0.4) is 0 Å². The number of carbonyl (C=O) groups is 1. The molecular weight excluding hydrogens is 204 g/mol. The lowest BCUT2D eigenvalue weighted by atomic mass is 10.1. The third-order valence-corrected chi connectivity index (χ3v) is 2.11. The Balaban J connectivity index is 2.53. The predicted octanol–water partition coefficient (Wildman–Crippen LogP) is 1.70. The molecule has 0 aliphatic carbocycles. The monoisotopic (exact) mass is 220 g/mol. The summed E-state index contributed by atoms with van der Waals surface area (Å²) < 4.78 is 5.09. The fourth-order valence-electron chi connectivity index (χ4n) is 1.23. The van der Waals surface area contributed by atoms with Crippen LogP contribution in [0.15, 0.2) is 35.4 Å². The maximum absolute atomic E-state index is 11.6. The van der Waals surface area contributed by atoms with Gasteiger partial charge in [-0.1, -0.05) is 44.2 Å². The van der Waals surface area contributed by atoms with Gasteiger partial charge < -0.3 is 10.6 Å². The number of benzene rings is 1. The van der Waals surface area contributed by atoms with Gasteiger partial charge in [0.05, 0.1) is 0 Å². The van der Waals surface area contributed by atoms with Gasteiger partial charge in [0.2, 0.25) is 0 Å². The van der Waals surface area contributed by atoms with E-state index in [1.165, 1.54) is 0 Å². The third-order valence-electron chi connectivity index (χ3n) is 2.11. The summed E-state index contributed by atoms with van der Waals surface area (Å²) in [6.45, 7) is 3.93. The summed E-state index contributed by atoms with van der Waals surface area (Å²) in [6, 6.07) is 9.48. The number of esters is 1. The topological polar surface area (TPSA) is 64.7 Å². The first-order chi connectivity index (χ1) is 7.65. The number of carbonyl (C=O) groups excluding carboxylic acids is 1. The van der Waals surface area contributed by atoms with Crippen LogP contribution in [0.4, 0.5) is 0 Å². The molecule has 2 N–H and O–H groups in total. The van der Waals surface area contributed by atoms with Gasteiger partial charge in [0.25, 0.3) is 0 Å². The minimum absolute atomic E-state index is 0.0340. The number of hydrogen-bond donors (Lipinski definition) is 1. The van der Waals surface area contributed by atoms with E-state index in [-0.39, 0.29) is 18.2 Å². The van der Waals surface area contributed by atoms with Crippen molar-refractivity contribution in [3.63, 3.8) is 0 Å². The average molecular weight is 220 g/mol. The first-order valence-corrected chi connectivity index (χ1v) is 5.14. The Morgan fingerprint density at radius 1 is 1.38 bits per heavy atom. The van der Waals surface area contributed by atoms with Gasteiger partial charge in [-0.3, -0.25) is 0 Å². The minimum atomic E-state index is -0.457. The Kier molecular flexibility index (Phi) is 4.51. The zero-order valence-corrected chi connectivity index (χ0v) is 9.51. The number of rotatable bonds is 4. The fraction of sp³-hybridized carbons (Fsp3) is 0.333. The largest absolute Gasteiger partial charge is 0.456 e. The molecule has 0 aliphatic heterocycles. The summed E-state index contributed by atoms with van der Waals surface area (Å²) >= 11 is 0. The zero-order chi connectivity index (χ0) is 12.0. The molecule has 86 valence electrons. The van der Waals surface area contributed by atoms with Crippen LogP contribution in [0.2, 0.25) is 0 Å². The van der Waals surface area contributed by atoms with Crippen molar-refractivity contribution in [2.45, 2.75) is 20.5 Å². The highest BCUT2D eigenvalue weighted by molar-refractivity contribution is 6.37. The molecule has 0 atom stereocenters. The lowest BCUT2D eigenvalue weighted by Crippen LogP contribution is -2.24. The van der Waals surface area contributed by atoms with E-state index in [1.807, 2.05) is 44.2 Å². The molecule has 16 heavy (non-hydrogen) atoms. The van der Waals surface area contributed by atoms with E-state index in [2.05, 4.69) is 5.10 Å². The van der Waals surface area contributed by atoms with E-state index in [9.17, 15) is 4.79 Å². The minimum Gasteiger partial charge on any atom is -0.456 e.